The highest BCUT2D eigenvalue weighted by Crippen LogP contribution is 2.28. The molecule has 1 aromatic heterocycles. The summed E-state index contributed by atoms with van der Waals surface area (Å²) in [6.07, 6.45) is 3.10. The number of aromatic nitrogens is 3. The van der Waals surface area contributed by atoms with E-state index in [2.05, 4.69) is 20.8 Å². The number of thioether (sulfide) groups is 1. The molecule has 0 aliphatic heterocycles. The van der Waals surface area contributed by atoms with E-state index in [9.17, 15) is 9.59 Å². The van der Waals surface area contributed by atoms with Crippen LogP contribution in [-0.4, -0.2) is 53.7 Å². The first-order valence-corrected chi connectivity index (χ1v) is 11.5. The lowest BCUT2D eigenvalue weighted by Crippen LogP contribution is -2.22. The average molecular weight is 498 g/mol. The number of carbonyl (C=O) groups excluding carboxylic acids is 2. The zero-order valence-electron chi connectivity index (χ0n) is 19.9. The Balaban J connectivity index is 1.49. The molecule has 0 saturated heterocycles. The molecular weight excluding hydrogens is 470 g/mol. The van der Waals surface area contributed by atoms with Crippen molar-refractivity contribution in [3.8, 4) is 17.2 Å². The maximum absolute atomic E-state index is 12.3. The first-order chi connectivity index (χ1) is 16.9. The third-order valence-electron chi connectivity index (χ3n) is 4.87. The number of amides is 2. The van der Waals surface area contributed by atoms with Gasteiger partial charge in [0.25, 0.3) is 0 Å². The SMILES string of the molecule is COc1cccc(NC(=O)CSc2nnc(CNC(=O)C=Cc3ccc(OC)c(OC)c3)n2C)c1. The molecule has 1 heterocycles. The zero-order chi connectivity index (χ0) is 25.2. The van der Waals surface area contributed by atoms with Crippen LogP contribution in [0.3, 0.4) is 0 Å². The Morgan fingerprint density at radius 1 is 1.03 bits per heavy atom. The molecule has 0 aliphatic carbocycles. The van der Waals surface area contributed by atoms with Crippen molar-refractivity contribution < 1.29 is 23.8 Å². The van der Waals surface area contributed by atoms with Crippen molar-refractivity contribution >= 4 is 35.3 Å². The number of anilines is 1. The number of ether oxygens (including phenoxy) is 3. The second kappa shape index (κ2) is 12.5. The highest BCUT2D eigenvalue weighted by atomic mass is 32.2. The zero-order valence-corrected chi connectivity index (χ0v) is 20.7. The van der Waals surface area contributed by atoms with Crippen LogP contribution in [0, 0.1) is 0 Å². The molecule has 0 saturated carbocycles. The van der Waals surface area contributed by atoms with Crippen molar-refractivity contribution in [1.29, 1.82) is 0 Å². The monoisotopic (exact) mass is 497 g/mol. The van der Waals surface area contributed by atoms with Crippen LogP contribution >= 0.6 is 11.8 Å². The van der Waals surface area contributed by atoms with E-state index in [1.54, 1.807) is 75.4 Å². The van der Waals surface area contributed by atoms with Gasteiger partial charge in [0.1, 0.15) is 5.75 Å². The average Bonchev–Trinajstić information content (AvgIpc) is 3.23. The molecule has 3 aromatic rings. The Kier molecular flexibility index (Phi) is 9.13. The lowest BCUT2D eigenvalue weighted by molar-refractivity contribution is -0.116. The van der Waals surface area contributed by atoms with Crippen LogP contribution in [-0.2, 0) is 23.2 Å². The summed E-state index contributed by atoms with van der Waals surface area (Å²) >= 11 is 1.25. The predicted molar refractivity (Wildman–Crippen MR) is 134 cm³/mol. The minimum atomic E-state index is -0.283. The molecule has 0 fully saturated rings. The van der Waals surface area contributed by atoms with Crippen LogP contribution in [0.1, 0.15) is 11.4 Å². The molecule has 0 atom stereocenters. The molecule has 0 radical (unpaired) electrons. The van der Waals surface area contributed by atoms with Gasteiger partial charge in [-0.25, -0.2) is 0 Å². The van der Waals surface area contributed by atoms with Gasteiger partial charge in [-0.05, 0) is 35.9 Å². The third-order valence-corrected chi connectivity index (χ3v) is 5.89. The van der Waals surface area contributed by atoms with Gasteiger partial charge in [-0.3, -0.25) is 9.59 Å². The number of benzene rings is 2. The third kappa shape index (κ3) is 7.24. The molecule has 2 N–H and O–H groups in total. The van der Waals surface area contributed by atoms with E-state index in [4.69, 9.17) is 14.2 Å². The molecule has 10 nitrogen and oxygen atoms in total. The maximum atomic E-state index is 12.3. The summed E-state index contributed by atoms with van der Waals surface area (Å²) in [5.41, 5.74) is 1.44. The largest absolute Gasteiger partial charge is 0.497 e. The smallest absolute Gasteiger partial charge is 0.244 e. The second-order valence-corrected chi connectivity index (χ2v) is 8.13. The Bertz CT molecular complexity index is 1210. The fraction of sp³-hybridized carbons (Fsp3) is 0.250. The van der Waals surface area contributed by atoms with Crippen molar-refractivity contribution in [1.82, 2.24) is 20.1 Å². The van der Waals surface area contributed by atoms with Crippen LogP contribution in [0.4, 0.5) is 5.69 Å². The van der Waals surface area contributed by atoms with E-state index in [1.807, 2.05) is 6.07 Å². The predicted octanol–water partition coefficient (Wildman–Crippen LogP) is 2.90. The van der Waals surface area contributed by atoms with Gasteiger partial charge in [-0.2, -0.15) is 0 Å². The van der Waals surface area contributed by atoms with Gasteiger partial charge in [0, 0.05) is 24.9 Å². The van der Waals surface area contributed by atoms with Gasteiger partial charge in [-0.1, -0.05) is 23.9 Å². The quantitative estimate of drug-likeness (QED) is 0.307. The fourth-order valence-corrected chi connectivity index (χ4v) is 3.74. The maximum Gasteiger partial charge on any atom is 0.244 e. The summed E-state index contributed by atoms with van der Waals surface area (Å²) in [4.78, 5) is 24.5. The number of rotatable bonds is 11. The number of nitrogens with zero attached hydrogens (tertiary/aromatic N) is 3. The van der Waals surface area contributed by atoms with Crippen LogP contribution in [0.25, 0.3) is 6.08 Å². The molecule has 0 aliphatic rings. The first kappa shape index (κ1) is 25.6. The summed E-state index contributed by atoms with van der Waals surface area (Å²) < 4.78 is 17.4. The number of carbonyl (C=O) groups is 2. The summed E-state index contributed by atoms with van der Waals surface area (Å²) in [5.74, 6) is 2.11. The topological polar surface area (TPSA) is 117 Å². The first-order valence-electron chi connectivity index (χ1n) is 10.6. The molecule has 0 spiro atoms. The molecule has 11 heteroatoms. The van der Waals surface area contributed by atoms with Gasteiger partial charge < -0.3 is 29.4 Å². The Hall–Kier alpha value is -3.99. The minimum Gasteiger partial charge on any atom is -0.497 e. The summed E-state index contributed by atoms with van der Waals surface area (Å²) in [7, 11) is 6.47. The van der Waals surface area contributed by atoms with Crippen LogP contribution in [0.2, 0.25) is 0 Å². The van der Waals surface area contributed by atoms with Crippen molar-refractivity contribution in [3.05, 3.63) is 59.9 Å². The fourth-order valence-electron chi connectivity index (χ4n) is 3.01. The molecule has 35 heavy (non-hydrogen) atoms. The van der Waals surface area contributed by atoms with Gasteiger partial charge in [-0.15, -0.1) is 10.2 Å². The van der Waals surface area contributed by atoms with E-state index < -0.39 is 0 Å². The van der Waals surface area contributed by atoms with Crippen LogP contribution < -0.4 is 24.8 Å². The van der Waals surface area contributed by atoms with Gasteiger partial charge in [0.15, 0.2) is 22.5 Å². The molecule has 2 amide bonds. The Morgan fingerprint density at radius 3 is 2.57 bits per heavy atom. The second-order valence-electron chi connectivity index (χ2n) is 7.19. The Morgan fingerprint density at radius 2 is 1.83 bits per heavy atom. The summed E-state index contributed by atoms with van der Waals surface area (Å²) in [5, 5.41) is 14.4. The minimum absolute atomic E-state index is 0.156. The van der Waals surface area contributed by atoms with E-state index in [1.165, 1.54) is 17.8 Å². The van der Waals surface area contributed by atoms with E-state index in [-0.39, 0.29) is 24.1 Å². The molecule has 2 aromatic carbocycles. The molecule has 184 valence electrons. The van der Waals surface area contributed by atoms with Gasteiger partial charge >= 0.3 is 0 Å². The molecular formula is C24H27N5O5S. The highest BCUT2D eigenvalue weighted by Gasteiger charge is 2.12. The van der Waals surface area contributed by atoms with E-state index in [0.29, 0.717) is 33.9 Å². The lowest BCUT2D eigenvalue weighted by atomic mass is 10.2. The van der Waals surface area contributed by atoms with Crippen LogP contribution in [0.5, 0.6) is 17.2 Å². The standard InChI is InChI=1S/C24H27N5O5S/c1-29-21(14-25-22(30)11-9-16-8-10-19(33-3)20(12-16)34-4)27-28-24(29)35-15-23(31)26-17-6-5-7-18(13-17)32-2/h5-13H,14-15H2,1-4H3,(H,25,30)(H,26,31). The number of hydrogen-bond donors (Lipinski definition) is 2. The van der Waals surface area contributed by atoms with Crippen LogP contribution in [0.15, 0.2) is 53.7 Å². The van der Waals surface area contributed by atoms with E-state index >= 15 is 0 Å². The van der Waals surface area contributed by atoms with E-state index in [0.717, 1.165) is 5.56 Å². The normalized spacial score (nSPS) is 10.7. The van der Waals surface area contributed by atoms with Gasteiger partial charge in [0.05, 0.1) is 33.6 Å². The number of nitrogens with one attached hydrogen (secondary N) is 2. The van der Waals surface area contributed by atoms with Crippen molar-refractivity contribution in [3.63, 3.8) is 0 Å². The van der Waals surface area contributed by atoms with Crippen molar-refractivity contribution in [2.24, 2.45) is 7.05 Å². The molecule has 0 bridgehead atoms. The summed E-state index contributed by atoms with van der Waals surface area (Å²) in [6, 6.07) is 12.5. The van der Waals surface area contributed by atoms with Gasteiger partial charge in [0.2, 0.25) is 11.8 Å². The molecule has 0 unspecified atom stereocenters. The summed E-state index contributed by atoms with van der Waals surface area (Å²) in [6.45, 7) is 0.190. The lowest BCUT2D eigenvalue weighted by Gasteiger charge is -2.08. The number of hydrogen-bond acceptors (Lipinski definition) is 8. The highest BCUT2D eigenvalue weighted by molar-refractivity contribution is 7.99. The number of methoxy groups -OCH3 is 3. The van der Waals surface area contributed by atoms with Crippen molar-refractivity contribution in [2.75, 3.05) is 32.4 Å². The Labute approximate surface area is 207 Å². The van der Waals surface area contributed by atoms with Crippen molar-refractivity contribution in [2.45, 2.75) is 11.7 Å². The molecule has 3 rings (SSSR count).